The number of carbonyl (C=O) groups is 2. The van der Waals surface area contributed by atoms with E-state index >= 15 is 0 Å². The fourth-order valence-electron chi connectivity index (χ4n) is 2.07. The third-order valence-corrected chi connectivity index (χ3v) is 3.04. The average molecular weight is 322 g/mol. The smallest absolute Gasteiger partial charge is 0.387 e. The van der Waals surface area contributed by atoms with E-state index < -0.39 is 18.6 Å². The highest BCUT2D eigenvalue weighted by Crippen LogP contribution is 2.19. The van der Waals surface area contributed by atoms with E-state index in [1.165, 1.54) is 24.3 Å². The minimum atomic E-state index is -2.91. The highest BCUT2D eigenvalue weighted by Gasteiger charge is 2.12. The first kappa shape index (κ1) is 16.4. The third kappa shape index (κ3) is 4.50. The quantitative estimate of drug-likeness (QED) is 0.852. The van der Waals surface area contributed by atoms with Gasteiger partial charge in [-0.05, 0) is 47.9 Å². The van der Waals surface area contributed by atoms with Crippen LogP contribution in [0.15, 0.2) is 42.5 Å². The summed E-state index contributed by atoms with van der Waals surface area (Å²) in [6, 6.07) is 9.64. The van der Waals surface area contributed by atoms with E-state index in [0.29, 0.717) is 11.1 Å². The summed E-state index contributed by atoms with van der Waals surface area (Å²) < 4.78 is 28.4. The Bertz CT molecular complexity index is 694. The van der Waals surface area contributed by atoms with Gasteiger partial charge in [0, 0.05) is 0 Å². The number of rotatable bonds is 6. The van der Waals surface area contributed by atoms with E-state index in [4.69, 9.17) is 10.2 Å². The highest BCUT2D eigenvalue weighted by atomic mass is 19.3. The summed E-state index contributed by atoms with van der Waals surface area (Å²) in [6.45, 7) is -2.91. The van der Waals surface area contributed by atoms with Crippen LogP contribution in [0.1, 0.15) is 31.8 Å². The molecule has 0 aliphatic rings. The molecule has 0 bridgehead atoms. The maximum Gasteiger partial charge on any atom is 0.387 e. The second-order valence-corrected chi connectivity index (χ2v) is 4.73. The SMILES string of the molecule is O=C(O)c1cc(Cc2ccc(OC(F)F)cc2)cc(C(=O)O)c1. The van der Waals surface area contributed by atoms with Crippen LogP contribution >= 0.6 is 0 Å². The molecule has 2 N–H and O–H groups in total. The van der Waals surface area contributed by atoms with Crippen LogP contribution < -0.4 is 4.74 Å². The van der Waals surface area contributed by atoms with Gasteiger partial charge in [0.15, 0.2) is 0 Å². The lowest BCUT2D eigenvalue weighted by molar-refractivity contribution is -0.0498. The third-order valence-electron chi connectivity index (χ3n) is 3.04. The van der Waals surface area contributed by atoms with Gasteiger partial charge in [-0.1, -0.05) is 12.1 Å². The van der Waals surface area contributed by atoms with Crippen molar-refractivity contribution >= 4 is 11.9 Å². The van der Waals surface area contributed by atoms with E-state index in [-0.39, 0.29) is 23.3 Å². The molecule has 0 saturated carbocycles. The first-order chi connectivity index (χ1) is 10.8. The lowest BCUT2D eigenvalue weighted by atomic mass is 9.99. The van der Waals surface area contributed by atoms with Crippen LogP contribution in [-0.2, 0) is 6.42 Å². The van der Waals surface area contributed by atoms with Crippen LogP contribution in [0.3, 0.4) is 0 Å². The number of ether oxygens (including phenoxy) is 1. The molecule has 120 valence electrons. The van der Waals surface area contributed by atoms with Crippen molar-refractivity contribution < 1.29 is 33.3 Å². The van der Waals surface area contributed by atoms with Gasteiger partial charge in [0.1, 0.15) is 5.75 Å². The molecule has 0 aromatic heterocycles. The normalized spacial score (nSPS) is 10.6. The molecule has 0 fully saturated rings. The summed E-state index contributed by atoms with van der Waals surface area (Å²) in [5.41, 5.74) is 0.936. The Kier molecular flexibility index (Phi) is 4.90. The predicted octanol–water partition coefficient (Wildman–Crippen LogP) is 3.28. The molecule has 0 unspecified atom stereocenters. The molecule has 2 rings (SSSR count). The number of alkyl halides is 2. The van der Waals surface area contributed by atoms with Crippen molar-refractivity contribution in [1.82, 2.24) is 0 Å². The molecule has 7 heteroatoms. The van der Waals surface area contributed by atoms with Crippen LogP contribution in [0, 0.1) is 0 Å². The number of aromatic carboxylic acids is 2. The van der Waals surface area contributed by atoms with Crippen molar-refractivity contribution in [2.45, 2.75) is 13.0 Å². The van der Waals surface area contributed by atoms with Gasteiger partial charge >= 0.3 is 18.6 Å². The summed E-state index contributed by atoms with van der Waals surface area (Å²) in [6.07, 6.45) is 0.260. The van der Waals surface area contributed by atoms with Gasteiger partial charge in [-0.2, -0.15) is 8.78 Å². The van der Waals surface area contributed by atoms with E-state index in [1.54, 1.807) is 12.1 Å². The number of hydrogen-bond acceptors (Lipinski definition) is 3. The highest BCUT2D eigenvalue weighted by molar-refractivity contribution is 5.94. The molecule has 0 amide bonds. The molecule has 0 radical (unpaired) electrons. The van der Waals surface area contributed by atoms with E-state index in [2.05, 4.69) is 4.74 Å². The maximum absolute atomic E-state index is 12.1. The largest absolute Gasteiger partial charge is 0.478 e. The van der Waals surface area contributed by atoms with Crippen LogP contribution in [0.4, 0.5) is 8.78 Å². The second kappa shape index (κ2) is 6.87. The van der Waals surface area contributed by atoms with Gasteiger partial charge in [0.25, 0.3) is 0 Å². The molecule has 0 aliphatic carbocycles. The van der Waals surface area contributed by atoms with Gasteiger partial charge in [-0.15, -0.1) is 0 Å². The van der Waals surface area contributed by atoms with Gasteiger partial charge in [0.2, 0.25) is 0 Å². The van der Waals surface area contributed by atoms with E-state index in [1.807, 2.05) is 0 Å². The molecular formula is C16H12F2O5. The first-order valence-corrected chi connectivity index (χ1v) is 6.49. The summed E-state index contributed by atoms with van der Waals surface area (Å²) >= 11 is 0. The molecule has 0 saturated heterocycles. The Morgan fingerprint density at radius 1 is 0.913 bits per heavy atom. The van der Waals surface area contributed by atoms with E-state index in [0.717, 1.165) is 6.07 Å². The molecule has 0 aliphatic heterocycles. The average Bonchev–Trinajstić information content (AvgIpc) is 2.48. The molecule has 0 spiro atoms. The first-order valence-electron chi connectivity index (χ1n) is 6.49. The Labute approximate surface area is 129 Å². The summed E-state index contributed by atoms with van der Waals surface area (Å²) in [4.78, 5) is 22.1. The predicted molar refractivity (Wildman–Crippen MR) is 76.2 cm³/mol. The van der Waals surface area contributed by atoms with Crippen molar-refractivity contribution in [1.29, 1.82) is 0 Å². The van der Waals surface area contributed by atoms with E-state index in [9.17, 15) is 18.4 Å². The number of halogens is 2. The molecule has 0 heterocycles. The lowest BCUT2D eigenvalue weighted by Gasteiger charge is -2.08. The number of carboxylic acids is 2. The number of carboxylic acid groups (broad SMARTS) is 2. The lowest BCUT2D eigenvalue weighted by Crippen LogP contribution is -2.04. The zero-order valence-electron chi connectivity index (χ0n) is 11.7. The molecule has 2 aromatic carbocycles. The molecule has 23 heavy (non-hydrogen) atoms. The van der Waals surface area contributed by atoms with Crippen molar-refractivity contribution in [3.8, 4) is 5.75 Å². The number of benzene rings is 2. The fraction of sp³-hybridized carbons (Fsp3) is 0.125. The standard InChI is InChI=1S/C16H12F2O5/c17-16(18)23-13-3-1-9(2-4-13)5-10-6-11(14(19)20)8-12(7-10)15(21)22/h1-4,6-8,16H,5H2,(H,19,20)(H,21,22). The Balaban J connectivity index is 2.25. The van der Waals surface area contributed by atoms with Crippen molar-refractivity contribution in [3.05, 3.63) is 64.7 Å². The van der Waals surface area contributed by atoms with Crippen LogP contribution in [-0.4, -0.2) is 28.8 Å². The maximum atomic E-state index is 12.1. The van der Waals surface area contributed by atoms with Gasteiger partial charge in [0.05, 0.1) is 11.1 Å². The molecule has 0 atom stereocenters. The minimum absolute atomic E-state index is 0.00858. The minimum Gasteiger partial charge on any atom is -0.478 e. The summed E-state index contributed by atoms with van der Waals surface area (Å²) in [7, 11) is 0. The van der Waals surface area contributed by atoms with Gasteiger partial charge in [-0.25, -0.2) is 9.59 Å². The van der Waals surface area contributed by atoms with Crippen LogP contribution in [0.2, 0.25) is 0 Å². The summed E-state index contributed by atoms with van der Waals surface area (Å²) in [5, 5.41) is 18.0. The number of hydrogen-bond donors (Lipinski definition) is 2. The van der Waals surface area contributed by atoms with Gasteiger partial charge in [-0.3, -0.25) is 0 Å². The Morgan fingerprint density at radius 2 is 1.43 bits per heavy atom. The second-order valence-electron chi connectivity index (χ2n) is 4.73. The molecule has 5 nitrogen and oxygen atoms in total. The Morgan fingerprint density at radius 3 is 1.87 bits per heavy atom. The van der Waals surface area contributed by atoms with Crippen LogP contribution in [0.25, 0.3) is 0 Å². The monoisotopic (exact) mass is 322 g/mol. The van der Waals surface area contributed by atoms with Crippen molar-refractivity contribution in [2.75, 3.05) is 0 Å². The van der Waals surface area contributed by atoms with Crippen molar-refractivity contribution in [2.24, 2.45) is 0 Å². The Hall–Kier alpha value is -2.96. The fourth-order valence-corrected chi connectivity index (χ4v) is 2.07. The van der Waals surface area contributed by atoms with Crippen molar-refractivity contribution in [3.63, 3.8) is 0 Å². The summed E-state index contributed by atoms with van der Waals surface area (Å²) in [5.74, 6) is -2.45. The van der Waals surface area contributed by atoms with Gasteiger partial charge < -0.3 is 14.9 Å². The van der Waals surface area contributed by atoms with Crippen LogP contribution in [0.5, 0.6) is 5.75 Å². The topological polar surface area (TPSA) is 83.8 Å². The zero-order valence-corrected chi connectivity index (χ0v) is 11.7. The zero-order chi connectivity index (χ0) is 17.0. The molecule has 2 aromatic rings. The molecular weight excluding hydrogens is 310 g/mol.